The molecule has 3 rings (SSSR count). The lowest BCUT2D eigenvalue weighted by molar-refractivity contribution is -0.140. The summed E-state index contributed by atoms with van der Waals surface area (Å²) in [5.74, 6) is 0.298. The van der Waals surface area contributed by atoms with E-state index in [4.69, 9.17) is 0 Å². The number of nitrogens with one attached hydrogen (secondary N) is 1. The van der Waals surface area contributed by atoms with Crippen LogP contribution in [0, 0.1) is 5.92 Å². The van der Waals surface area contributed by atoms with Crippen LogP contribution in [-0.2, 0) is 6.54 Å². The summed E-state index contributed by atoms with van der Waals surface area (Å²) < 4.78 is 38.6. The Morgan fingerprint density at radius 1 is 1.38 bits per heavy atom. The SMILES string of the molecule is CCN(CC1CC1)C(=O)c1ccc2[nH]c(=O)n(CC(F)(F)F)c2c1. The molecule has 0 aliphatic heterocycles. The van der Waals surface area contributed by atoms with Crippen LogP contribution in [-0.4, -0.2) is 39.6 Å². The average molecular weight is 341 g/mol. The summed E-state index contributed by atoms with van der Waals surface area (Å²) in [5, 5.41) is 0. The van der Waals surface area contributed by atoms with Gasteiger partial charge in [0.15, 0.2) is 0 Å². The fraction of sp³-hybridized carbons (Fsp3) is 0.500. The van der Waals surface area contributed by atoms with E-state index in [1.54, 1.807) is 4.90 Å². The van der Waals surface area contributed by atoms with Crippen LogP contribution in [0.3, 0.4) is 0 Å². The monoisotopic (exact) mass is 341 g/mol. The number of nitrogens with zero attached hydrogens (tertiary/aromatic N) is 2. The summed E-state index contributed by atoms with van der Waals surface area (Å²) >= 11 is 0. The number of rotatable bonds is 5. The van der Waals surface area contributed by atoms with Gasteiger partial charge in [-0.25, -0.2) is 4.79 Å². The van der Waals surface area contributed by atoms with Gasteiger partial charge in [0.25, 0.3) is 5.91 Å². The van der Waals surface area contributed by atoms with Gasteiger partial charge in [-0.2, -0.15) is 13.2 Å². The number of amides is 1. The molecule has 0 bridgehead atoms. The molecule has 1 N–H and O–H groups in total. The zero-order chi connectivity index (χ0) is 17.5. The maximum absolute atomic E-state index is 12.7. The maximum Gasteiger partial charge on any atom is 0.406 e. The predicted octanol–water partition coefficient (Wildman–Crippen LogP) is 2.76. The first-order chi connectivity index (χ1) is 11.3. The van der Waals surface area contributed by atoms with Crippen molar-refractivity contribution in [3.8, 4) is 0 Å². The van der Waals surface area contributed by atoms with Gasteiger partial charge in [0, 0.05) is 18.7 Å². The molecule has 24 heavy (non-hydrogen) atoms. The second-order valence-corrected chi connectivity index (χ2v) is 6.15. The maximum atomic E-state index is 12.7. The minimum Gasteiger partial charge on any atom is -0.339 e. The van der Waals surface area contributed by atoms with E-state index >= 15 is 0 Å². The van der Waals surface area contributed by atoms with Crippen molar-refractivity contribution in [2.75, 3.05) is 13.1 Å². The Kier molecular flexibility index (Phi) is 4.15. The highest BCUT2D eigenvalue weighted by atomic mass is 19.4. The Morgan fingerprint density at radius 2 is 2.08 bits per heavy atom. The lowest BCUT2D eigenvalue weighted by Gasteiger charge is -2.20. The average Bonchev–Trinajstić information content (AvgIpc) is 3.28. The third-order valence-electron chi connectivity index (χ3n) is 4.20. The summed E-state index contributed by atoms with van der Waals surface area (Å²) in [4.78, 5) is 28.4. The Labute approximate surface area is 136 Å². The van der Waals surface area contributed by atoms with Gasteiger partial charge < -0.3 is 9.88 Å². The predicted molar refractivity (Wildman–Crippen MR) is 82.9 cm³/mol. The number of imidazole rings is 1. The molecule has 0 saturated heterocycles. The minimum absolute atomic E-state index is 0.0886. The van der Waals surface area contributed by atoms with Crippen LogP contribution in [0.4, 0.5) is 13.2 Å². The number of halogens is 3. The Balaban J connectivity index is 1.95. The number of H-pyrrole nitrogens is 1. The van der Waals surface area contributed by atoms with Gasteiger partial charge in [-0.05, 0) is 43.9 Å². The summed E-state index contributed by atoms with van der Waals surface area (Å²) in [6.45, 7) is 1.68. The molecule has 0 radical (unpaired) electrons. The number of aromatic amines is 1. The molecule has 5 nitrogen and oxygen atoms in total. The van der Waals surface area contributed by atoms with Crippen LogP contribution < -0.4 is 5.69 Å². The molecule has 1 amide bonds. The van der Waals surface area contributed by atoms with Gasteiger partial charge in [0.1, 0.15) is 6.54 Å². The zero-order valence-corrected chi connectivity index (χ0v) is 13.2. The number of carbonyl (C=O) groups excluding carboxylic acids is 1. The zero-order valence-electron chi connectivity index (χ0n) is 13.2. The van der Waals surface area contributed by atoms with Crippen molar-refractivity contribution in [2.24, 2.45) is 5.92 Å². The van der Waals surface area contributed by atoms with Gasteiger partial charge in [-0.15, -0.1) is 0 Å². The standard InChI is InChI=1S/C16H18F3N3O2/c1-2-21(8-10-3-4-10)14(23)11-5-6-12-13(7-11)22(15(24)20-12)9-16(17,18)19/h5-7,10H,2-4,8-9H2,1H3,(H,20,24). The van der Waals surface area contributed by atoms with Crippen molar-refractivity contribution in [1.29, 1.82) is 0 Å². The Morgan fingerprint density at radius 3 is 2.67 bits per heavy atom. The number of aromatic nitrogens is 2. The molecule has 2 aromatic rings. The van der Waals surface area contributed by atoms with E-state index in [0.717, 1.165) is 12.8 Å². The molecule has 1 aliphatic rings. The van der Waals surface area contributed by atoms with Gasteiger partial charge >= 0.3 is 11.9 Å². The molecular weight excluding hydrogens is 323 g/mol. The Hall–Kier alpha value is -2.25. The van der Waals surface area contributed by atoms with Crippen molar-refractivity contribution >= 4 is 16.9 Å². The molecule has 1 aromatic carbocycles. The van der Waals surface area contributed by atoms with Crippen molar-refractivity contribution in [1.82, 2.24) is 14.5 Å². The van der Waals surface area contributed by atoms with Gasteiger partial charge in [-0.3, -0.25) is 9.36 Å². The van der Waals surface area contributed by atoms with Crippen LogP contribution in [0.15, 0.2) is 23.0 Å². The van der Waals surface area contributed by atoms with E-state index in [0.29, 0.717) is 29.1 Å². The smallest absolute Gasteiger partial charge is 0.339 e. The molecule has 0 spiro atoms. The van der Waals surface area contributed by atoms with E-state index in [1.807, 2.05) is 6.92 Å². The summed E-state index contributed by atoms with van der Waals surface area (Å²) in [5.41, 5.74) is -0.172. The molecule has 1 fully saturated rings. The third-order valence-corrected chi connectivity index (χ3v) is 4.20. The minimum atomic E-state index is -4.51. The molecule has 1 saturated carbocycles. The van der Waals surface area contributed by atoms with E-state index in [-0.39, 0.29) is 16.9 Å². The largest absolute Gasteiger partial charge is 0.406 e. The van der Waals surface area contributed by atoms with Crippen LogP contribution in [0.1, 0.15) is 30.1 Å². The second-order valence-electron chi connectivity index (χ2n) is 6.15. The first kappa shape index (κ1) is 16.6. The number of fused-ring (bicyclic) bond motifs is 1. The van der Waals surface area contributed by atoms with Crippen molar-refractivity contribution < 1.29 is 18.0 Å². The lowest BCUT2D eigenvalue weighted by Crippen LogP contribution is -2.32. The molecule has 8 heteroatoms. The highest BCUT2D eigenvalue weighted by molar-refractivity contribution is 5.97. The molecule has 1 aliphatic carbocycles. The summed E-state index contributed by atoms with van der Waals surface area (Å²) in [6, 6.07) is 4.37. The molecule has 0 unspecified atom stereocenters. The van der Waals surface area contributed by atoms with Crippen molar-refractivity contribution in [3.05, 3.63) is 34.2 Å². The molecule has 130 valence electrons. The van der Waals surface area contributed by atoms with Gasteiger partial charge in [0.05, 0.1) is 11.0 Å². The van der Waals surface area contributed by atoms with Crippen LogP contribution >= 0.6 is 0 Å². The van der Waals surface area contributed by atoms with Gasteiger partial charge in [-0.1, -0.05) is 0 Å². The number of hydrogen-bond donors (Lipinski definition) is 1. The van der Waals surface area contributed by atoms with Crippen LogP contribution in [0.25, 0.3) is 11.0 Å². The van der Waals surface area contributed by atoms with Crippen LogP contribution in [0.2, 0.25) is 0 Å². The van der Waals surface area contributed by atoms with E-state index in [2.05, 4.69) is 4.98 Å². The molecule has 1 aromatic heterocycles. The first-order valence-electron chi connectivity index (χ1n) is 7.87. The molecule has 0 atom stereocenters. The molecule has 1 heterocycles. The summed E-state index contributed by atoms with van der Waals surface area (Å²) in [6.07, 6.45) is -2.31. The summed E-state index contributed by atoms with van der Waals surface area (Å²) in [7, 11) is 0. The fourth-order valence-corrected chi connectivity index (χ4v) is 2.77. The number of benzene rings is 1. The number of carbonyl (C=O) groups is 1. The topological polar surface area (TPSA) is 58.1 Å². The van der Waals surface area contributed by atoms with E-state index in [9.17, 15) is 22.8 Å². The number of hydrogen-bond acceptors (Lipinski definition) is 2. The lowest BCUT2D eigenvalue weighted by atomic mass is 10.1. The number of alkyl halides is 3. The fourth-order valence-electron chi connectivity index (χ4n) is 2.77. The van der Waals surface area contributed by atoms with E-state index < -0.39 is 18.4 Å². The van der Waals surface area contributed by atoms with Gasteiger partial charge in [0.2, 0.25) is 0 Å². The van der Waals surface area contributed by atoms with Crippen molar-refractivity contribution in [2.45, 2.75) is 32.5 Å². The molecular formula is C16H18F3N3O2. The quantitative estimate of drug-likeness (QED) is 0.909. The Bertz CT molecular complexity index is 818. The second kappa shape index (κ2) is 5.99. The van der Waals surface area contributed by atoms with Crippen molar-refractivity contribution in [3.63, 3.8) is 0 Å². The normalized spacial score (nSPS) is 15.0. The van der Waals surface area contributed by atoms with E-state index in [1.165, 1.54) is 18.2 Å². The third kappa shape index (κ3) is 3.47. The first-order valence-corrected chi connectivity index (χ1v) is 7.87. The van der Waals surface area contributed by atoms with Crippen LogP contribution in [0.5, 0.6) is 0 Å². The highest BCUT2D eigenvalue weighted by Crippen LogP contribution is 2.30. The highest BCUT2D eigenvalue weighted by Gasteiger charge is 2.30.